The van der Waals surface area contributed by atoms with Gasteiger partial charge in [0.1, 0.15) is 17.2 Å². The number of hydrogen-bond acceptors (Lipinski definition) is 5. The monoisotopic (exact) mass is 320 g/mol. The molecule has 2 rings (SSSR count). The molecule has 6 heteroatoms. The lowest BCUT2D eigenvalue weighted by Crippen LogP contribution is -2.08. The Morgan fingerprint density at radius 2 is 1.74 bits per heavy atom. The molecule has 0 spiro atoms. The fraction of sp³-hybridized carbons (Fsp3) is 0.412. The van der Waals surface area contributed by atoms with Gasteiger partial charge in [0.05, 0.1) is 32.0 Å². The van der Waals surface area contributed by atoms with Gasteiger partial charge in [-0.25, -0.2) is 0 Å². The molecule has 0 atom stereocenters. The Morgan fingerprint density at radius 1 is 1.17 bits per heavy atom. The molecule has 23 heavy (non-hydrogen) atoms. The molecular weight excluding hydrogens is 296 g/mol. The van der Waals surface area contributed by atoms with Gasteiger partial charge in [-0.2, -0.15) is 5.10 Å². The Labute approximate surface area is 137 Å². The van der Waals surface area contributed by atoms with Crippen LogP contribution in [0.15, 0.2) is 24.3 Å². The fourth-order valence-electron chi connectivity index (χ4n) is 2.02. The lowest BCUT2D eigenvalue weighted by molar-refractivity contribution is 0.111. The summed E-state index contributed by atoms with van der Waals surface area (Å²) in [6.45, 7) is 5.05. The quantitative estimate of drug-likeness (QED) is 0.766. The van der Waals surface area contributed by atoms with Crippen molar-refractivity contribution in [3.05, 3.63) is 41.2 Å². The summed E-state index contributed by atoms with van der Waals surface area (Å²) < 4.78 is 16.8. The molecule has 0 saturated heterocycles. The molecule has 6 nitrogen and oxygen atoms in total. The van der Waals surface area contributed by atoms with Gasteiger partial charge in [0.2, 0.25) is 0 Å². The Balaban J connectivity index is 0.000000593. The van der Waals surface area contributed by atoms with Crippen LogP contribution in [-0.2, 0) is 11.3 Å². The van der Waals surface area contributed by atoms with Crippen molar-refractivity contribution >= 4 is 6.29 Å². The van der Waals surface area contributed by atoms with Crippen LogP contribution >= 0.6 is 0 Å². The number of hydrogen-bond donors (Lipinski definition) is 0. The van der Waals surface area contributed by atoms with Crippen LogP contribution in [0.1, 0.15) is 28.7 Å². The average Bonchev–Trinajstić information content (AvgIpc) is 2.94. The van der Waals surface area contributed by atoms with Gasteiger partial charge in [-0.05, 0) is 32.0 Å². The van der Waals surface area contributed by atoms with Crippen molar-refractivity contribution in [1.82, 2.24) is 9.78 Å². The van der Waals surface area contributed by atoms with E-state index in [2.05, 4.69) is 9.84 Å². The number of ether oxygens (including phenoxy) is 3. The zero-order valence-corrected chi connectivity index (χ0v) is 14.3. The van der Waals surface area contributed by atoms with Gasteiger partial charge >= 0.3 is 0 Å². The number of methoxy groups -OCH3 is 3. The maximum absolute atomic E-state index is 11.0. The van der Waals surface area contributed by atoms with Crippen molar-refractivity contribution in [3.63, 3.8) is 0 Å². The molecule has 1 heterocycles. The highest BCUT2D eigenvalue weighted by molar-refractivity contribution is 5.72. The minimum absolute atomic E-state index is 0.426. The van der Waals surface area contributed by atoms with Crippen molar-refractivity contribution in [2.45, 2.75) is 20.4 Å². The smallest absolute Gasteiger partial charge is 0.168 e. The molecular formula is C17H24N2O4. The molecule has 0 radical (unpaired) electrons. The summed E-state index contributed by atoms with van der Waals surface area (Å²) in [6, 6.07) is 7.31. The van der Waals surface area contributed by atoms with Gasteiger partial charge in [0.15, 0.2) is 6.29 Å². The maximum Gasteiger partial charge on any atom is 0.168 e. The molecule has 0 saturated carbocycles. The molecule has 0 fully saturated rings. The summed E-state index contributed by atoms with van der Waals surface area (Å²) in [6.07, 6.45) is 0.794. The Morgan fingerprint density at radius 3 is 2.17 bits per heavy atom. The van der Waals surface area contributed by atoms with Gasteiger partial charge in [-0.15, -0.1) is 0 Å². The number of benzene rings is 1. The molecule has 0 bridgehead atoms. The van der Waals surface area contributed by atoms with E-state index >= 15 is 0 Å². The van der Waals surface area contributed by atoms with Crippen molar-refractivity contribution in [3.8, 4) is 11.5 Å². The van der Waals surface area contributed by atoms with Gasteiger partial charge < -0.3 is 14.2 Å². The van der Waals surface area contributed by atoms with E-state index in [0.717, 1.165) is 24.2 Å². The van der Waals surface area contributed by atoms with Crippen molar-refractivity contribution in [2.75, 3.05) is 27.9 Å². The van der Waals surface area contributed by atoms with Crippen LogP contribution in [0.25, 0.3) is 0 Å². The predicted octanol–water partition coefficient (Wildman–Crippen LogP) is 2.72. The molecule has 0 aliphatic heterocycles. The molecule has 0 amide bonds. The second-order valence-corrected chi connectivity index (χ2v) is 4.70. The highest BCUT2D eigenvalue weighted by Crippen LogP contribution is 2.29. The third-order valence-electron chi connectivity index (χ3n) is 3.18. The van der Waals surface area contributed by atoms with E-state index < -0.39 is 0 Å². The van der Waals surface area contributed by atoms with Crippen LogP contribution in [0.5, 0.6) is 11.5 Å². The van der Waals surface area contributed by atoms with E-state index in [1.54, 1.807) is 32.1 Å². The van der Waals surface area contributed by atoms with Crippen LogP contribution in [0.3, 0.4) is 0 Å². The highest BCUT2D eigenvalue weighted by atomic mass is 16.5. The summed E-state index contributed by atoms with van der Waals surface area (Å²) >= 11 is 0. The number of nitrogens with zero attached hydrogens (tertiary/aromatic N) is 2. The SMILES string of the molecule is CCOC.COc1cccc(OC)c1Cn1nc(C)cc1C=O. The normalized spacial score (nSPS) is 9.78. The molecule has 0 aliphatic rings. The number of aldehydes is 1. The van der Waals surface area contributed by atoms with Crippen LogP contribution in [0.4, 0.5) is 0 Å². The van der Waals surface area contributed by atoms with Crippen LogP contribution in [-0.4, -0.2) is 44.0 Å². The van der Waals surface area contributed by atoms with E-state index in [-0.39, 0.29) is 0 Å². The van der Waals surface area contributed by atoms with Crippen LogP contribution < -0.4 is 9.47 Å². The molecule has 2 aromatic rings. The third-order valence-corrected chi connectivity index (χ3v) is 3.18. The van der Waals surface area contributed by atoms with Gasteiger partial charge in [0, 0.05) is 13.7 Å². The predicted molar refractivity (Wildman–Crippen MR) is 88.5 cm³/mol. The van der Waals surface area contributed by atoms with Crippen molar-refractivity contribution in [2.24, 2.45) is 0 Å². The largest absolute Gasteiger partial charge is 0.496 e. The number of carbonyl (C=O) groups is 1. The topological polar surface area (TPSA) is 62.6 Å². The number of carbonyl (C=O) groups excluding carboxylic acids is 1. The highest BCUT2D eigenvalue weighted by Gasteiger charge is 2.13. The first-order valence-corrected chi connectivity index (χ1v) is 7.29. The fourth-order valence-corrected chi connectivity index (χ4v) is 2.02. The van der Waals surface area contributed by atoms with Gasteiger partial charge in [0.25, 0.3) is 0 Å². The van der Waals surface area contributed by atoms with Crippen molar-refractivity contribution in [1.29, 1.82) is 0 Å². The lowest BCUT2D eigenvalue weighted by Gasteiger charge is -2.13. The summed E-state index contributed by atoms with van der Waals surface area (Å²) in [4.78, 5) is 11.0. The van der Waals surface area contributed by atoms with Gasteiger partial charge in [-0.3, -0.25) is 9.48 Å². The summed E-state index contributed by atoms with van der Waals surface area (Å²) in [5, 5.41) is 4.30. The summed E-state index contributed by atoms with van der Waals surface area (Å²) in [5.41, 5.74) is 2.19. The van der Waals surface area contributed by atoms with Gasteiger partial charge in [-0.1, -0.05) is 6.07 Å². The van der Waals surface area contributed by atoms with Crippen LogP contribution in [0, 0.1) is 6.92 Å². The number of rotatable bonds is 6. The number of aryl methyl sites for hydroxylation is 1. The second kappa shape index (κ2) is 9.63. The summed E-state index contributed by atoms with van der Waals surface area (Å²) in [5.74, 6) is 1.42. The molecule has 0 unspecified atom stereocenters. The molecule has 1 aromatic carbocycles. The van der Waals surface area contributed by atoms with Crippen LogP contribution in [0.2, 0.25) is 0 Å². The molecule has 1 aromatic heterocycles. The Kier molecular flexibility index (Phi) is 7.83. The molecule has 0 N–H and O–H groups in total. The van der Waals surface area contributed by atoms with E-state index in [1.165, 1.54) is 0 Å². The lowest BCUT2D eigenvalue weighted by atomic mass is 10.1. The average molecular weight is 320 g/mol. The molecule has 0 aliphatic carbocycles. The first-order chi connectivity index (χ1) is 11.1. The van der Waals surface area contributed by atoms with E-state index in [1.807, 2.05) is 32.0 Å². The number of aromatic nitrogens is 2. The van der Waals surface area contributed by atoms with E-state index in [4.69, 9.17) is 9.47 Å². The van der Waals surface area contributed by atoms with Crippen molar-refractivity contribution < 1.29 is 19.0 Å². The first kappa shape index (κ1) is 18.7. The first-order valence-electron chi connectivity index (χ1n) is 7.29. The second-order valence-electron chi connectivity index (χ2n) is 4.70. The van der Waals surface area contributed by atoms with E-state index in [9.17, 15) is 4.79 Å². The van der Waals surface area contributed by atoms with E-state index in [0.29, 0.717) is 23.7 Å². The Bertz CT molecular complexity index is 599. The standard InChI is InChI=1S/C14H16N2O3.C3H8O/c1-10-7-11(9-17)16(15-10)8-12-13(18-2)5-4-6-14(12)19-3;1-3-4-2/h4-7,9H,8H2,1-3H3;3H2,1-2H3. The minimum atomic E-state index is 0.426. The zero-order chi connectivity index (χ0) is 17.2. The third kappa shape index (κ3) is 5.10. The Hall–Kier alpha value is -2.34. The maximum atomic E-state index is 11.0. The zero-order valence-electron chi connectivity index (χ0n) is 14.3. The minimum Gasteiger partial charge on any atom is -0.496 e. The molecule has 126 valence electrons. The summed E-state index contributed by atoms with van der Waals surface area (Å²) in [7, 11) is 4.89.